The van der Waals surface area contributed by atoms with Gasteiger partial charge in [-0.3, -0.25) is 0 Å². The smallest absolute Gasteiger partial charge is 0.0701 e. The minimum atomic E-state index is 0.376. The van der Waals surface area contributed by atoms with Crippen molar-refractivity contribution in [3.05, 3.63) is 55.1 Å². The summed E-state index contributed by atoms with van der Waals surface area (Å²) in [6.07, 6.45) is 2.16. The summed E-state index contributed by atoms with van der Waals surface area (Å²) in [5, 5.41) is 5.87. The van der Waals surface area contributed by atoms with Crippen molar-refractivity contribution >= 4 is 43.2 Å². The topological polar surface area (TPSA) is 12.0 Å². The maximum absolute atomic E-state index is 3.64. The molecule has 0 aliphatic rings. The highest BCUT2D eigenvalue weighted by atomic mass is 79.9. The van der Waals surface area contributed by atoms with Gasteiger partial charge in [-0.05, 0) is 64.0 Å². The Morgan fingerprint density at radius 3 is 2.68 bits per heavy atom. The van der Waals surface area contributed by atoms with Crippen LogP contribution in [0.2, 0.25) is 0 Å². The molecule has 1 nitrogen and oxygen atoms in total. The zero-order valence-corrected chi connectivity index (χ0v) is 14.8. The first-order valence-electron chi connectivity index (χ1n) is 6.41. The first-order valence-corrected chi connectivity index (χ1v) is 8.88. The van der Waals surface area contributed by atoms with Crippen molar-refractivity contribution in [2.75, 3.05) is 6.54 Å². The Kier molecular flexibility index (Phi) is 6.07. The minimum Gasteiger partial charge on any atom is -0.310 e. The lowest BCUT2D eigenvalue weighted by molar-refractivity contribution is 0.530. The molecule has 19 heavy (non-hydrogen) atoms. The first-order chi connectivity index (χ1) is 9.20. The fraction of sp³-hybridized carbons (Fsp3) is 0.333. The van der Waals surface area contributed by atoms with E-state index in [0.29, 0.717) is 6.04 Å². The van der Waals surface area contributed by atoms with Crippen LogP contribution >= 0.6 is 43.2 Å². The number of benzene rings is 1. The summed E-state index contributed by atoms with van der Waals surface area (Å²) in [5.74, 6) is 0. The standard InChI is InChI=1S/C15H17Br2NS/c1-2-7-18-14(12-9-15(17)19-10-12)8-11-5-3-4-6-13(11)16/h3-6,9-10,14,18H,2,7-8H2,1H3. The van der Waals surface area contributed by atoms with Gasteiger partial charge < -0.3 is 5.32 Å². The van der Waals surface area contributed by atoms with Gasteiger partial charge in [0.2, 0.25) is 0 Å². The van der Waals surface area contributed by atoms with E-state index >= 15 is 0 Å². The van der Waals surface area contributed by atoms with E-state index < -0.39 is 0 Å². The molecule has 4 heteroatoms. The van der Waals surface area contributed by atoms with Crippen LogP contribution in [0.4, 0.5) is 0 Å². The van der Waals surface area contributed by atoms with E-state index in [4.69, 9.17) is 0 Å². The lowest BCUT2D eigenvalue weighted by Crippen LogP contribution is -2.23. The van der Waals surface area contributed by atoms with Crippen molar-refractivity contribution < 1.29 is 0 Å². The lowest BCUT2D eigenvalue weighted by atomic mass is 10.0. The van der Waals surface area contributed by atoms with Crippen LogP contribution in [-0.4, -0.2) is 6.54 Å². The zero-order chi connectivity index (χ0) is 13.7. The average molecular weight is 403 g/mol. The number of halogens is 2. The molecule has 2 rings (SSSR count). The third-order valence-corrected chi connectivity index (χ3v) is 5.31. The third-order valence-electron chi connectivity index (χ3n) is 3.01. The fourth-order valence-electron chi connectivity index (χ4n) is 2.02. The molecule has 1 unspecified atom stereocenters. The van der Waals surface area contributed by atoms with Gasteiger partial charge in [0.25, 0.3) is 0 Å². The van der Waals surface area contributed by atoms with Crippen molar-refractivity contribution in [1.82, 2.24) is 5.32 Å². The number of rotatable bonds is 6. The van der Waals surface area contributed by atoms with Gasteiger partial charge in [0.05, 0.1) is 3.79 Å². The molecule has 0 spiro atoms. The molecule has 0 radical (unpaired) electrons. The molecule has 1 aromatic heterocycles. The maximum Gasteiger partial charge on any atom is 0.0701 e. The van der Waals surface area contributed by atoms with Crippen molar-refractivity contribution in [2.24, 2.45) is 0 Å². The Morgan fingerprint density at radius 2 is 2.05 bits per heavy atom. The summed E-state index contributed by atoms with van der Waals surface area (Å²) in [6.45, 7) is 3.24. The number of hydrogen-bond acceptors (Lipinski definition) is 2. The molecule has 0 saturated carbocycles. The van der Waals surface area contributed by atoms with Crippen molar-refractivity contribution in [1.29, 1.82) is 0 Å². The molecular weight excluding hydrogens is 386 g/mol. The summed E-state index contributed by atoms with van der Waals surface area (Å²) in [6, 6.07) is 11.0. The molecule has 1 N–H and O–H groups in total. The second-order valence-corrected chi connectivity index (χ2v) is 7.63. The fourth-order valence-corrected chi connectivity index (χ4v) is 3.69. The summed E-state index contributed by atoms with van der Waals surface area (Å²) in [4.78, 5) is 0. The van der Waals surface area contributed by atoms with Gasteiger partial charge in [-0.25, -0.2) is 0 Å². The van der Waals surface area contributed by atoms with Crippen molar-refractivity contribution in [2.45, 2.75) is 25.8 Å². The Hall–Kier alpha value is -0.160. The van der Waals surface area contributed by atoms with Gasteiger partial charge in [0.15, 0.2) is 0 Å². The second kappa shape index (κ2) is 7.58. The quantitative estimate of drug-likeness (QED) is 0.667. The highest BCUT2D eigenvalue weighted by molar-refractivity contribution is 9.11. The first kappa shape index (κ1) is 15.2. The second-order valence-electron chi connectivity index (χ2n) is 4.49. The largest absolute Gasteiger partial charge is 0.310 e. The predicted molar refractivity (Wildman–Crippen MR) is 90.9 cm³/mol. The highest BCUT2D eigenvalue weighted by Crippen LogP contribution is 2.29. The monoisotopic (exact) mass is 401 g/mol. The Bertz CT molecular complexity index is 524. The van der Waals surface area contributed by atoms with Gasteiger partial charge in [-0.2, -0.15) is 0 Å². The molecule has 102 valence electrons. The van der Waals surface area contributed by atoms with Crippen LogP contribution in [0.1, 0.15) is 30.5 Å². The van der Waals surface area contributed by atoms with E-state index in [1.165, 1.54) is 19.4 Å². The van der Waals surface area contributed by atoms with E-state index in [9.17, 15) is 0 Å². The van der Waals surface area contributed by atoms with Crippen LogP contribution in [0, 0.1) is 0 Å². The Labute approximate surface area is 135 Å². The highest BCUT2D eigenvalue weighted by Gasteiger charge is 2.14. The van der Waals surface area contributed by atoms with Crippen LogP contribution in [0.3, 0.4) is 0 Å². The molecule has 1 heterocycles. The van der Waals surface area contributed by atoms with Gasteiger partial charge in [0, 0.05) is 10.5 Å². The maximum atomic E-state index is 3.64. The third kappa shape index (κ3) is 4.42. The molecule has 2 aromatic rings. The molecule has 0 fully saturated rings. The Balaban J connectivity index is 2.16. The van der Waals surface area contributed by atoms with Crippen LogP contribution in [0.25, 0.3) is 0 Å². The van der Waals surface area contributed by atoms with E-state index in [1.54, 1.807) is 11.3 Å². The molecule has 0 aliphatic heterocycles. The van der Waals surface area contributed by atoms with E-state index in [0.717, 1.165) is 19.4 Å². The predicted octanol–water partition coefficient (Wildman–Crippen LogP) is 5.56. The SMILES string of the molecule is CCCNC(Cc1ccccc1Br)c1csc(Br)c1. The Morgan fingerprint density at radius 1 is 1.26 bits per heavy atom. The molecule has 1 atom stereocenters. The summed E-state index contributed by atoms with van der Waals surface area (Å²) < 4.78 is 2.38. The van der Waals surface area contributed by atoms with E-state index in [2.05, 4.69) is 79.8 Å². The molecule has 0 aliphatic carbocycles. The van der Waals surface area contributed by atoms with Crippen LogP contribution in [-0.2, 0) is 6.42 Å². The van der Waals surface area contributed by atoms with Gasteiger partial charge >= 0.3 is 0 Å². The van der Waals surface area contributed by atoms with E-state index in [1.807, 2.05) is 0 Å². The number of hydrogen-bond donors (Lipinski definition) is 1. The van der Waals surface area contributed by atoms with Gasteiger partial charge in [0.1, 0.15) is 0 Å². The van der Waals surface area contributed by atoms with Crippen LogP contribution in [0.5, 0.6) is 0 Å². The van der Waals surface area contributed by atoms with Crippen molar-refractivity contribution in [3.63, 3.8) is 0 Å². The minimum absolute atomic E-state index is 0.376. The zero-order valence-electron chi connectivity index (χ0n) is 10.8. The molecule has 0 bridgehead atoms. The summed E-state index contributed by atoms with van der Waals surface area (Å²) in [5.41, 5.74) is 2.71. The lowest BCUT2D eigenvalue weighted by Gasteiger charge is -2.18. The molecular formula is C15H17Br2NS. The molecule has 1 aromatic carbocycles. The number of thiophene rings is 1. The van der Waals surface area contributed by atoms with Gasteiger partial charge in [-0.1, -0.05) is 41.1 Å². The molecule has 0 amide bonds. The van der Waals surface area contributed by atoms with Crippen LogP contribution < -0.4 is 5.32 Å². The van der Waals surface area contributed by atoms with Crippen LogP contribution in [0.15, 0.2) is 44.0 Å². The van der Waals surface area contributed by atoms with Gasteiger partial charge in [-0.15, -0.1) is 11.3 Å². The molecule has 0 saturated heterocycles. The van der Waals surface area contributed by atoms with Crippen molar-refractivity contribution in [3.8, 4) is 0 Å². The summed E-state index contributed by atoms with van der Waals surface area (Å²) >= 11 is 8.93. The average Bonchev–Trinajstić information content (AvgIpc) is 2.83. The normalized spacial score (nSPS) is 12.6. The van der Waals surface area contributed by atoms with E-state index in [-0.39, 0.29) is 0 Å². The number of nitrogens with one attached hydrogen (secondary N) is 1. The summed E-state index contributed by atoms with van der Waals surface area (Å²) in [7, 11) is 0.